The first-order chi connectivity index (χ1) is 9.63. The Hall–Kier alpha value is -1.86. The summed E-state index contributed by atoms with van der Waals surface area (Å²) in [6.07, 6.45) is 4.86. The van der Waals surface area contributed by atoms with Crippen molar-refractivity contribution in [2.75, 3.05) is 6.61 Å². The average Bonchev–Trinajstić information content (AvgIpc) is 2.45. The molecule has 1 aromatic heterocycles. The Morgan fingerprint density at radius 1 is 1.40 bits per heavy atom. The number of carbonyl (C=O) groups excluding carboxylic acids is 1. The Bertz CT molecular complexity index is 518. The van der Waals surface area contributed by atoms with Crippen LogP contribution in [0, 0.1) is 11.8 Å². The van der Waals surface area contributed by atoms with Gasteiger partial charge < -0.3 is 10.0 Å². The first kappa shape index (κ1) is 14.5. The molecule has 0 bridgehead atoms. The summed E-state index contributed by atoms with van der Waals surface area (Å²) in [4.78, 5) is 18.7. The second-order valence-electron chi connectivity index (χ2n) is 5.23. The molecule has 0 aliphatic carbocycles. The lowest BCUT2D eigenvalue weighted by molar-refractivity contribution is 0.0504. The maximum atomic E-state index is 12.5. The number of carbonyl (C=O) groups is 1. The monoisotopic (exact) mass is 272 g/mol. The summed E-state index contributed by atoms with van der Waals surface area (Å²) in [5.74, 6) is 5.32. The number of aliphatic hydroxyl groups is 1. The Morgan fingerprint density at radius 3 is 2.65 bits per heavy atom. The predicted molar refractivity (Wildman–Crippen MR) is 77.1 cm³/mol. The molecule has 4 heteroatoms. The van der Waals surface area contributed by atoms with E-state index in [1.807, 2.05) is 4.90 Å². The van der Waals surface area contributed by atoms with Crippen molar-refractivity contribution in [2.24, 2.45) is 0 Å². The number of hydrogen-bond donors (Lipinski definition) is 1. The number of hydrogen-bond acceptors (Lipinski definition) is 3. The zero-order valence-electron chi connectivity index (χ0n) is 12.0. The molecule has 2 atom stereocenters. The highest BCUT2D eigenvalue weighted by Gasteiger charge is 2.30. The minimum absolute atomic E-state index is 0.00799. The van der Waals surface area contributed by atoms with Crippen LogP contribution in [-0.2, 0) is 0 Å². The van der Waals surface area contributed by atoms with Crippen molar-refractivity contribution in [1.82, 2.24) is 9.88 Å². The normalized spacial score (nSPS) is 22.1. The van der Waals surface area contributed by atoms with Crippen LogP contribution in [-0.4, -0.2) is 39.6 Å². The van der Waals surface area contributed by atoms with Crippen molar-refractivity contribution in [3.05, 3.63) is 29.6 Å². The van der Waals surface area contributed by atoms with Gasteiger partial charge in [0.2, 0.25) is 0 Å². The Morgan fingerprint density at radius 2 is 2.10 bits per heavy atom. The number of nitrogens with zero attached hydrogens (tertiary/aromatic N) is 2. The van der Waals surface area contributed by atoms with Crippen LogP contribution < -0.4 is 0 Å². The highest BCUT2D eigenvalue weighted by molar-refractivity contribution is 5.92. The molecule has 0 saturated carbocycles. The molecule has 0 spiro atoms. The molecule has 20 heavy (non-hydrogen) atoms. The first-order valence-electron chi connectivity index (χ1n) is 7.02. The third-order valence-corrected chi connectivity index (χ3v) is 3.72. The van der Waals surface area contributed by atoms with Gasteiger partial charge in [-0.2, -0.15) is 0 Å². The lowest BCUT2D eigenvalue weighted by atomic mass is 9.97. The van der Waals surface area contributed by atoms with E-state index in [9.17, 15) is 4.79 Å². The summed E-state index contributed by atoms with van der Waals surface area (Å²) in [7, 11) is 0. The van der Waals surface area contributed by atoms with E-state index in [1.54, 1.807) is 18.3 Å². The maximum Gasteiger partial charge on any atom is 0.272 e. The molecule has 1 aliphatic heterocycles. The SMILES string of the molecule is CC1CCCC(C)N1C(=O)c1ccc(C#CCO)cn1. The number of pyridine rings is 1. The molecule has 1 N–H and O–H groups in total. The molecule has 0 radical (unpaired) electrons. The van der Waals surface area contributed by atoms with Gasteiger partial charge in [0.1, 0.15) is 12.3 Å². The molecule has 1 amide bonds. The van der Waals surface area contributed by atoms with Gasteiger partial charge in [-0.05, 0) is 45.2 Å². The van der Waals surface area contributed by atoms with E-state index in [0.717, 1.165) is 12.8 Å². The van der Waals surface area contributed by atoms with Gasteiger partial charge >= 0.3 is 0 Å². The second-order valence-corrected chi connectivity index (χ2v) is 5.23. The smallest absolute Gasteiger partial charge is 0.272 e. The third kappa shape index (κ3) is 3.17. The summed E-state index contributed by atoms with van der Waals surface area (Å²) < 4.78 is 0. The second kappa shape index (κ2) is 6.53. The van der Waals surface area contributed by atoms with Crippen LogP contribution >= 0.6 is 0 Å². The van der Waals surface area contributed by atoms with Crippen LogP contribution in [0.5, 0.6) is 0 Å². The van der Waals surface area contributed by atoms with Crippen LogP contribution in [0.4, 0.5) is 0 Å². The van der Waals surface area contributed by atoms with Crippen LogP contribution in [0.3, 0.4) is 0 Å². The predicted octanol–water partition coefficient (Wildman–Crippen LogP) is 1.83. The van der Waals surface area contributed by atoms with Crippen LogP contribution in [0.2, 0.25) is 0 Å². The minimum atomic E-state index is -0.177. The summed E-state index contributed by atoms with van der Waals surface area (Å²) in [6, 6.07) is 4.00. The molecule has 1 saturated heterocycles. The lowest BCUT2D eigenvalue weighted by Gasteiger charge is -2.38. The molecule has 1 aromatic rings. The zero-order chi connectivity index (χ0) is 14.5. The van der Waals surface area contributed by atoms with Gasteiger partial charge in [0, 0.05) is 23.8 Å². The van der Waals surface area contributed by atoms with E-state index in [-0.39, 0.29) is 24.6 Å². The van der Waals surface area contributed by atoms with Crippen molar-refractivity contribution in [3.8, 4) is 11.8 Å². The van der Waals surface area contributed by atoms with Gasteiger partial charge in [0.15, 0.2) is 0 Å². The van der Waals surface area contributed by atoms with E-state index in [0.29, 0.717) is 11.3 Å². The summed E-state index contributed by atoms with van der Waals surface area (Å²) >= 11 is 0. The Labute approximate surface area is 119 Å². The molecule has 2 rings (SSSR count). The number of aliphatic hydroxyl groups excluding tert-OH is 1. The summed E-state index contributed by atoms with van der Waals surface area (Å²) in [5, 5.41) is 8.64. The fourth-order valence-corrected chi connectivity index (χ4v) is 2.69. The van der Waals surface area contributed by atoms with Crippen molar-refractivity contribution in [2.45, 2.75) is 45.2 Å². The molecular weight excluding hydrogens is 252 g/mol. The largest absolute Gasteiger partial charge is 0.384 e. The van der Waals surface area contributed by atoms with Crippen molar-refractivity contribution < 1.29 is 9.90 Å². The number of piperidine rings is 1. The number of likely N-dealkylation sites (tertiary alicyclic amines) is 1. The van der Waals surface area contributed by atoms with E-state index < -0.39 is 0 Å². The molecule has 106 valence electrons. The van der Waals surface area contributed by atoms with Gasteiger partial charge in [-0.25, -0.2) is 4.98 Å². The molecular formula is C16H20N2O2. The van der Waals surface area contributed by atoms with Gasteiger partial charge in [-0.15, -0.1) is 0 Å². The van der Waals surface area contributed by atoms with E-state index in [2.05, 4.69) is 30.7 Å². The summed E-state index contributed by atoms with van der Waals surface area (Å²) in [6.45, 7) is 4.01. The molecule has 1 aliphatic rings. The van der Waals surface area contributed by atoms with E-state index >= 15 is 0 Å². The van der Waals surface area contributed by atoms with E-state index in [4.69, 9.17) is 5.11 Å². The molecule has 2 unspecified atom stereocenters. The van der Waals surface area contributed by atoms with E-state index in [1.165, 1.54) is 6.42 Å². The molecule has 4 nitrogen and oxygen atoms in total. The van der Waals surface area contributed by atoms with Crippen LogP contribution in [0.25, 0.3) is 0 Å². The molecule has 1 fully saturated rings. The average molecular weight is 272 g/mol. The number of rotatable bonds is 1. The van der Waals surface area contributed by atoms with Crippen molar-refractivity contribution in [1.29, 1.82) is 0 Å². The topological polar surface area (TPSA) is 53.4 Å². The Balaban J connectivity index is 2.16. The van der Waals surface area contributed by atoms with Gasteiger partial charge in [0.25, 0.3) is 5.91 Å². The highest BCUT2D eigenvalue weighted by Crippen LogP contribution is 2.24. The highest BCUT2D eigenvalue weighted by atomic mass is 16.2. The maximum absolute atomic E-state index is 12.5. The third-order valence-electron chi connectivity index (χ3n) is 3.72. The number of amides is 1. The fraction of sp³-hybridized carbons (Fsp3) is 0.500. The Kier molecular flexibility index (Phi) is 4.75. The standard InChI is InChI=1S/C16H20N2O2/c1-12-5-3-6-13(2)18(12)16(20)15-9-8-14(11-17-15)7-4-10-19/h8-9,11-13,19H,3,5-6,10H2,1-2H3. The fourth-order valence-electron chi connectivity index (χ4n) is 2.69. The van der Waals surface area contributed by atoms with Gasteiger partial charge in [-0.3, -0.25) is 4.79 Å². The first-order valence-corrected chi connectivity index (χ1v) is 7.02. The zero-order valence-corrected chi connectivity index (χ0v) is 12.0. The van der Waals surface area contributed by atoms with Crippen LogP contribution in [0.1, 0.15) is 49.2 Å². The van der Waals surface area contributed by atoms with Crippen molar-refractivity contribution >= 4 is 5.91 Å². The van der Waals surface area contributed by atoms with Crippen LogP contribution in [0.15, 0.2) is 18.3 Å². The minimum Gasteiger partial charge on any atom is -0.384 e. The van der Waals surface area contributed by atoms with Gasteiger partial charge in [-0.1, -0.05) is 11.8 Å². The molecule has 0 aromatic carbocycles. The quantitative estimate of drug-likeness (QED) is 0.794. The summed E-state index contributed by atoms with van der Waals surface area (Å²) in [5.41, 5.74) is 1.16. The lowest BCUT2D eigenvalue weighted by Crippen LogP contribution is -2.47. The van der Waals surface area contributed by atoms with Crippen molar-refractivity contribution in [3.63, 3.8) is 0 Å². The van der Waals surface area contributed by atoms with Gasteiger partial charge in [0.05, 0.1) is 0 Å². The molecule has 2 heterocycles. The number of aromatic nitrogens is 1.